The van der Waals surface area contributed by atoms with E-state index in [1.165, 1.54) is 49.5 Å². The van der Waals surface area contributed by atoms with Crippen molar-refractivity contribution in [2.45, 2.75) is 51.7 Å². The van der Waals surface area contributed by atoms with E-state index in [-0.39, 0.29) is 35.8 Å². The number of benzene rings is 1. The minimum absolute atomic E-state index is 0. The fraction of sp³-hybridized carbons (Fsp3) is 0.520. The third kappa shape index (κ3) is 7.27. The average molecular weight is 567 g/mol. The summed E-state index contributed by atoms with van der Waals surface area (Å²) in [5, 5.41) is 6.91. The van der Waals surface area contributed by atoms with Crippen LogP contribution in [0, 0.1) is 5.82 Å². The fourth-order valence-corrected chi connectivity index (χ4v) is 4.58. The van der Waals surface area contributed by atoms with Gasteiger partial charge in [0.2, 0.25) is 0 Å². The number of rotatable bonds is 7. The Morgan fingerprint density at radius 1 is 1.09 bits per heavy atom. The van der Waals surface area contributed by atoms with Gasteiger partial charge in [0.1, 0.15) is 0 Å². The molecular weight excluding hydrogens is 530 g/mol. The SMILES string of the molecule is CCNC(=NCc1ccccc1CN1CCCCC1)NC1CCN(c2ncccc2F)C1.I. The summed E-state index contributed by atoms with van der Waals surface area (Å²) >= 11 is 0. The molecule has 180 valence electrons. The van der Waals surface area contributed by atoms with Crippen molar-refractivity contribution in [2.24, 2.45) is 4.99 Å². The number of aliphatic imine (C=N–C) groups is 1. The first-order valence-corrected chi connectivity index (χ1v) is 11.9. The molecule has 3 heterocycles. The highest BCUT2D eigenvalue weighted by molar-refractivity contribution is 14.0. The molecule has 0 aliphatic carbocycles. The molecule has 2 saturated heterocycles. The topological polar surface area (TPSA) is 55.8 Å². The van der Waals surface area contributed by atoms with Crippen molar-refractivity contribution in [1.29, 1.82) is 0 Å². The van der Waals surface area contributed by atoms with Gasteiger partial charge in [-0.1, -0.05) is 30.7 Å². The number of likely N-dealkylation sites (tertiary alicyclic amines) is 1. The van der Waals surface area contributed by atoms with Gasteiger partial charge in [0.25, 0.3) is 0 Å². The minimum atomic E-state index is -0.265. The lowest BCUT2D eigenvalue weighted by Crippen LogP contribution is -2.44. The summed E-state index contributed by atoms with van der Waals surface area (Å²) in [5.41, 5.74) is 2.64. The maximum absolute atomic E-state index is 14.1. The van der Waals surface area contributed by atoms with Crippen molar-refractivity contribution in [2.75, 3.05) is 37.6 Å². The highest BCUT2D eigenvalue weighted by Crippen LogP contribution is 2.21. The number of hydrogen-bond acceptors (Lipinski definition) is 4. The number of guanidine groups is 1. The summed E-state index contributed by atoms with van der Waals surface area (Å²) in [4.78, 5) is 13.7. The lowest BCUT2D eigenvalue weighted by Gasteiger charge is -2.27. The van der Waals surface area contributed by atoms with Crippen molar-refractivity contribution in [3.8, 4) is 0 Å². The van der Waals surface area contributed by atoms with Gasteiger partial charge >= 0.3 is 0 Å². The van der Waals surface area contributed by atoms with Crippen LogP contribution in [0.4, 0.5) is 10.2 Å². The summed E-state index contributed by atoms with van der Waals surface area (Å²) in [6, 6.07) is 11.9. The normalized spacial score (nSPS) is 19.3. The highest BCUT2D eigenvalue weighted by atomic mass is 127. The molecule has 0 bridgehead atoms. The largest absolute Gasteiger partial charge is 0.357 e. The van der Waals surface area contributed by atoms with Gasteiger partial charge in [0.15, 0.2) is 17.6 Å². The van der Waals surface area contributed by atoms with Crippen molar-refractivity contribution >= 4 is 35.8 Å². The monoisotopic (exact) mass is 566 g/mol. The summed E-state index contributed by atoms with van der Waals surface area (Å²) in [6.45, 7) is 8.40. The van der Waals surface area contributed by atoms with Gasteiger partial charge in [-0.15, -0.1) is 24.0 Å². The summed E-state index contributed by atoms with van der Waals surface area (Å²) in [5.74, 6) is 0.984. The first-order valence-electron chi connectivity index (χ1n) is 11.9. The van der Waals surface area contributed by atoms with Gasteiger partial charge in [-0.2, -0.15) is 0 Å². The van der Waals surface area contributed by atoms with Crippen LogP contribution in [0.3, 0.4) is 0 Å². The molecule has 1 aromatic heterocycles. The summed E-state index contributed by atoms with van der Waals surface area (Å²) < 4.78 is 14.1. The van der Waals surface area contributed by atoms with Crippen LogP contribution in [-0.4, -0.2) is 54.6 Å². The number of pyridine rings is 1. The molecule has 1 unspecified atom stereocenters. The Labute approximate surface area is 214 Å². The predicted octanol–water partition coefficient (Wildman–Crippen LogP) is 4.16. The molecule has 1 atom stereocenters. The Morgan fingerprint density at radius 3 is 2.64 bits per heavy atom. The van der Waals surface area contributed by atoms with Crippen LogP contribution in [0.1, 0.15) is 43.7 Å². The molecule has 1 aromatic carbocycles. The van der Waals surface area contributed by atoms with E-state index in [0.29, 0.717) is 18.9 Å². The number of hydrogen-bond donors (Lipinski definition) is 2. The zero-order chi connectivity index (χ0) is 22.2. The van der Waals surface area contributed by atoms with Crippen molar-refractivity contribution in [3.63, 3.8) is 0 Å². The molecule has 0 radical (unpaired) electrons. The van der Waals surface area contributed by atoms with Crippen LogP contribution in [0.25, 0.3) is 0 Å². The quantitative estimate of drug-likeness (QED) is 0.300. The molecule has 0 amide bonds. The Hall–Kier alpha value is -1.94. The fourth-order valence-electron chi connectivity index (χ4n) is 4.58. The molecule has 2 aliphatic heterocycles. The molecule has 0 spiro atoms. The van der Waals surface area contributed by atoms with E-state index in [1.54, 1.807) is 12.3 Å². The van der Waals surface area contributed by atoms with E-state index in [2.05, 4.69) is 51.7 Å². The predicted molar refractivity (Wildman–Crippen MR) is 144 cm³/mol. The number of piperidine rings is 1. The van der Waals surface area contributed by atoms with Crippen LogP contribution >= 0.6 is 24.0 Å². The summed E-state index contributed by atoms with van der Waals surface area (Å²) in [6.07, 6.45) is 6.52. The first-order chi connectivity index (χ1) is 15.7. The number of anilines is 1. The van der Waals surface area contributed by atoms with E-state index in [1.807, 2.05) is 4.90 Å². The lowest BCUT2D eigenvalue weighted by atomic mass is 10.1. The van der Waals surface area contributed by atoms with Gasteiger partial charge < -0.3 is 15.5 Å². The van der Waals surface area contributed by atoms with Crippen LogP contribution in [-0.2, 0) is 13.1 Å². The Balaban J connectivity index is 0.00000306. The van der Waals surface area contributed by atoms with E-state index in [4.69, 9.17) is 4.99 Å². The molecule has 6 nitrogen and oxygen atoms in total. The van der Waals surface area contributed by atoms with E-state index < -0.39 is 0 Å². The maximum Gasteiger partial charge on any atom is 0.191 e. The highest BCUT2D eigenvalue weighted by Gasteiger charge is 2.26. The molecule has 0 saturated carbocycles. The van der Waals surface area contributed by atoms with E-state index >= 15 is 0 Å². The van der Waals surface area contributed by atoms with E-state index in [9.17, 15) is 4.39 Å². The Bertz CT molecular complexity index is 902. The molecule has 2 aliphatic rings. The van der Waals surface area contributed by atoms with Crippen LogP contribution < -0.4 is 15.5 Å². The first kappa shape index (κ1) is 25.7. The summed E-state index contributed by atoms with van der Waals surface area (Å²) in [7, 11) is 0. The van der Waals surface area contributed by atoms with Crippen LogP contribution in [0.2, 0.25) is 0 Å². The van der Waals surface area contributed by atoms with Gasteiger partial charge in [0.05, 0.1) is 6.54 Å². The number of aromatic nitrogens is 1. The van der Waals surface area contributed by atoms with Crippen molar-refractivity contribution in [1.82, 2.24) is 20.5 Å². The zero-order valence-electron chi connectivity index (χ0n) is 19.5. The molecule has 2 fully saturated rings. The van der Waals surface area contributed by atoms with Gasteiger partial charge in [-0.05, 0) is 62.5 Å². The molecule has 33 heavy (non-hydrogen) atoms. The van der Waals surface area contributed by atoms with Gasteiger partial charge in [-0.25, -0.2) is 14.4 Å². The Morgan fingerprint density at radius 2 is 1.88 bits per heavy atom. The molecular formula is C25H36FIN6. The standard InChI is InChI=1S/C25H35FN6.HI/c1-2-27-25(30-22-12-16-32(19-22)24-23(26)11-8-13-28-24)29-17-20-9-4-5-10-21(20)18-31-14-6-3-7-15-31;/h4-5,8-11,13,22H,2-3,6-7,12,14-19H2,1H3,(H2,27,29,30);1H. The van der Waals surface area contributed by atoms with Crippen LogP contribution in [0.5, 0.6) is 0 Å². The van der Waals surface area contributed by atoms with Gasteiger partial charge in [-0.3, -0.25) is 4.90 Å². The number of nitrogens with one attached hydrogen (secondary N) is 2. The van der Waals surface area contributed by atoms with Crippen molar-refractivity contribution in [3.05, 3.63) is 59.5 Å². The molecule has 2 aromatic rings. The van der Waals surface area contributed by atoms with E-state index in [0.717, 1.165) is 32.0 Å². The second-order valence-corrected chi connectivity index (χ2v) is 8.69. The maximum atomic E-state index is 14.1. The second-order valence-electron chi connectivity index (χ2n) is 8.69. The van der Waals surface area contributed by atoms with Crippen LogP contribution in [0.15, 0.2) is 47.6 Å². The third-order valence-corrected chi connectivity index (χ3v) is 6.28. The number of halogens is 2. The number of nitrogens with zero attached hydrogens (tertiary/aromatic N) is 4. The Kier molecular flexibility index (Phi) is 10.2. The molecule has 8 heteroatoms. The molecule has 4 rings (SSSR count). The third-order valence-electron chi connectivity index (χ3n) is 6.28. The smallest absolute Gasteiger partial charge is 0.191 e. The van der Waals surface area contributed by atoms with Gasteiger partial charge in [0, 0.05) is 38.4 Å². The lowest BCUT2D eigenvalue weighted by molar-refractivity contribution is 0.220. The van der Waals surface area contributed by atoms with Crippen molar-refractivity contribution < 1.29 is 4.39 Å². The molecule has 2 N–H and O–H groups in total. The zero-order valence-corrected chi connectivity index (χ0v) is 21.8. The minimum Gasteiger partial charge on any atom is -0.357 e. The second kappa shape index (κ2) is 13.1. The average Bonchev–Trinajstić information content (AvgIpc) is 3.28.